The van der Waals surface area contributed by atoms with Crippen molar-refractivity contribution in [2.24, 2.45) is 0 Å². The summed E-state index contributed by atoms with van der Waals surface area (Å²) in [6, 6.07) is 4.90. The highest BCUT2D eigenvalue weighted by Crippen LogP contribution is 2.12. The summed E-state index contributed by atoms with van der Waals surface area (Å²) in [6.07, 6.45) is -0.479. The second-order valence-electron chi connectivity index (χ2n) is 2.82. The van der Waals surface area contributed by atoms with E-state index < -0.39 is 17.8 Å². The molecular weight excluding hydrogens is 203 g/mol. The molecule has 0 heterocycles. The van der Waals surface area contributed by atoms with Gasteiger partial charge in [-0.2, -0.15) is 0 Å². The molecule has 0 radical (unpaired) electrons. The Kier molecular flexibility index (Phi) is 3.79. The Balaban J connectivity index is 2.44. The van der Waals surface area contributed by atoms with E-state index in [1.54, 1.807) is 0 Å². The zero-order valence-corrected chi connectivity index (χ0v) is 7.77. The monoisotopic (exact) mass is 212 g/mol. The van der Waals surface area contributed by atoms with E-state index in [-0.39, 0.29) is 18.6 Å². The molecule has 0 unspecified atom stereocenters. The Bertz CT molecular complexity index is 358. The van der Waals surface area contributed by atoms with E-state index in [1.807, 2.05) is 0 Å². The van der Waals surface area contributed by atoms with Crippen molar-refractivity contribution in [3.63, 3.8) is 0 Å². The minimum Gasteiger partial charge on any atom is -0.481 e. The number of benzene rings is 1. The zero-order valence-electron chi connectivity index (χ0n) is 7.77. The van der Waals surface area contributed by atoms with Gasteiger partial charge >= 0.3 is 11.9 Å². The number of aliphatic carboxylic acids is 1. The van der Waals surface area contributed by atoms with Gasteiger partial charge in [0.05, 0.1) is 12.8 Å². The van der Waals surface area contributed by atoms with Gasteiger partial charge < -0.3 is 9.84 Å². The van der Waals surface area contributed by atoms with E-state index in [9.17, 15) is 14.0 Å². The summed E-state index contributed by atoms with van der Waals surface area (Å²) in [7, 11) is 0. The Hall–Kier alpha value is -1.91. The molecule has 4 nitrogen and oxygen atoms in total. The first-order chi connectivity index (χ1) is 7.08. The highest BCUT2D eigenvalue weighted by Gasteiger charge is 2.07. The summed E-state index contributed by atoms with van der Waals surface area (Å²) in [5.74, 6) is -1.94. The number of hydrogen-bond acceptors (Lipinski definition) is 3. The normalized spacial score (nSPS) is 9.67. The van der Waals surface area contributed by atoms with Crippen LogP contribution in [0.5, 0.6) is 5.75 Å². The molecule has 0 atom stereocenters. The number of carbonyl (C=O) groups excluding carboxylic acids is 1. The van der Waals surface area contributed by atoms with Gasteiger partial charge in [0.1, 0.15) is 11.6 Å². The van der Waals surface area contributed by atoms with Crippen molar-refractivity contribution in [1.82, 2.24) is 0 Å². The summed E-state index contributed by atoms with van der Waals surface area (Å²) < 4.78 is 17.2. The fourth-order valence-corrected chi connectivity index (χ4v) is 0.894. The molecule has 1 aromatic carbocycles. The number of halogens is 1. The first-order valence-electron chi connectivity index (χ1n) is 4.26. The lowest BCUT2D eigenvalue weighted by molar-refractivity contribution is -0.142. The third-order valence-electron chi connectivity index (χ3n) is 1.59. The first kappa shape index (κ1) is 11.2. The molecule has 15 heavy (non-hydrogen) atoms. The average Bonchev–Trinajstić information content (AvgIpc) is 2.19. The van der Waals surface area contributed by atoms with Gasteiger partial charge in [-0.3, -0.25) is 9.59 Å². The van der Waals surface area contributed by atoms with Gasteiger partial charge in [0.25, 0.3) is 0 Å². The third kappa shape index (κ3) is 4.21. The zero-order chi connectivity index (χ0) is 11.3. The van der Waals surface area contributed by atoms with Gasteiger partial charge in [0.2, 0.25) is 0 Å². The number of hydrogen-bond donors (Lipinski definition) is 1. The summed E-state index contributed by atoms with van der Waals surface area (Å²) >= 11 is 0. The van der Waals surface area contributed by atoms with Crippen LogP contribution in [0.15, 0.2) is 24.3 Å². The van der Waals surface area contributed by atoms with Crippen molar-refractivity contribution in [2.75, 3.05) is 0 Å². The van der Waals surface area contributed by atoms with Gasteiger partial charge in [0.15, 0.2) is 0 Å². The molecular formula is C10H9FO4. The fraction of sp³-hybridized carbons (Fsp3) is 0.200. The number of ether oxygens (including phenoxy) is 1. The predicted molar refractivity (Wildman–Crippen MR) is 48.9 cm³/mol. The van der Waals surface area contributed by atoms with Crippen molar-refractivity contribution in [3.05, 3.63) is 30.1 Å². The highest BCUT2D eigenvalue weighted by atomic mass is 19.1. The molecule has 0 fully saturated rings. The Morgan fingerprint density at radius 1 is 1.20 bits per heavy atom. The topological polar surface area (TPSA) is 63.6 Å². The average molecular weight is 212 g/mol. The van der Waals surface area contributed by atoms with E-state index >= 15 is 0 Å². The Labute approximate surface area is 85.3 Å². The fourth-order valence-electron chi connectivity index (χ4n) is 0.894. The van der Waals surface area contributed by atoms with Crippen LogP contribution in [0.3, 0.4) is 0 Å². The summed E-state index contributed by atoms with van der Waals surface area (Å²) in [5, 5.41) is 8.31. The van der Waals surface area contributed by atoms with Crippen LogP contribution in [0, 0.1) is 5.82 Å². The standard InChI is InChI=1S/C10H9FO4/c11-7-1-3-8(4-2-7)15-10(14)6-5-9(12)13/h1-4H,5-6H2,(H,12,13). The molecule has 0 aromatic heterocycles. The number of carboxylic acid groups (broad SMARTS) is 1. The van der Waals surface area contributed by atoms with Crippen molar-refractivity contribution in [1.29, 1.82) is 0 Å². The smallest absolute Gasteiger partial charge is 0.311 e. The van der Waals surface area contributed by atoms with Gasteiger partial charge in [-0.15, -0.1) is 0 Å². The lowest BCUT2D eigenvalue weighted by Gasteiger charge is -2.02. The molecule has 5 heteroatoms. The molecule has 0 aliphatic carbocycles. The Morgan fingerprint density at radius 2 is 1.80 bits per heavy atom. The Morgan fingerprint density at radius 3 is 2.33 bits per heavy atom. The van der Waals surface area contributed by atoms with Crippen LogP contribution in [0.2, 0.25) is 0 Å². The number of rotatable bonds is 4. The lowest BCUT2D eigenvalue weighted by atomic mass is 10.3. The SMILES string of the molecule is O=C(O)CCC(=O)Oc1ccc(F)cc1. The van der Waals surface area contributed by atoms with Crippen LogP contribution in [-0.4, -0.2) is 17.0 Å². The number of carboxylic acids is 1. The van der Waals surface area contributed by atoms with Gasteiger partial charge in [-0.05, 0) is 24.3 Å². The molecule has 0 aliphatic rings. The maximum Gasteiger partial charge on any atom is 0.311 e. The van der Waals surface area contributed by atoms with E-state index in [0.29, 0.717) is 0 Å². The third-order valence-corrected chi connectivity index (χ3v) is 1.59. The molecule has 1 N–H and O–H groups in total. The highest BCUT2D eigenvalue weighted by molar-refractivity contribution is 5.78. The lowest BCUT2D eigenvalue weighted by Crippen LogP contribution is -2.10. The molecule has 0 aliphatic heterocycles. The van der Waals surface area contributed by atoms with E-state index in [1.165, 1.54) is 12.1 Å². The second kappa shape index (κ2) is 5.09. The molecule has 1 rings (SSSR count). The number of carbonyl (C=O) groups is 2. The minimum atomic E-state index is -1.06. The minimum absolute atomic E-state index is 0.201. The van der Waals surface area contributed by atoms with Gasteiger partial charge in [-0.25, -0.2) is 4.39 Å². The van der Waals surface area contributed by atoms with Crippen LogP contribution >= 0.6 is 0 Å². The molecule has 80 valence electrons. The van der Waals surface area contributed by atoms with Crippen LogP contribution in [0.4, 0.5) is 4.39 Å². The van der Waals surface area contributed by atoms with E-state index in [2.05, 4.69) is 0 Å². The summed E-state index contributed by atoms with van der Waals surface area (Å²) in [6.45, 7) is 0. The van der Waals surface area contributed by atoms with Crippen LogP contribution in [0.1, 0.15) is 12.8 Å². The van der Waals surface area contributed by atoms with Crippen LogP contribution < -0.4 is 4.74 Å². The molecule has 0 spiro atoms. The first-order valence-corrected chi connectivity index (χ1v) is 4.26. The largest absolute Gasteiger partial charge is 0.481 e. The molecule has 0 saturated heterocycles. The van der Waals surface area contributed by atoms with Gasteiger partial charge in [0, 0.05) is 0 Å². The molecule has 0 amide bonds. The van der Waals surface area contributed by atoms with E-state index in [4.69, 9.17) is 9.84 Å². The van der Waals surface area contributed by atoms with Crippen LogP contribution in [0.25, 0.3) is 0 Å². The molecule has 0 saturated carbocycles. The second-order valence-corrected chi connectivity index (χ2v) is 2.82. The summed E-state index contributed by atoms with van der Waals surface area (Å²) in [4.78, 5) is 21.2. The van der Waals surface area contributed by atoms with Crippen molar-refractivity contribution in [2.45, 2.75) is 12.8 Å². The van der Waals surface area contributed by atoms with Gasteiger partial charge in [-0.1, -0.05) is 0 Å². The van der Waals surface area contributed by atoms with E-state index in [0.717, 1.165) is 12.1 Å². The van der Waals surface area contributed by atoms with Crippen molar-refractivity contribution in [3.8, 4) is 5.75 Å². The van der Waals surface area contributed by atoms with Crippen molar-refractivity contribution < 1.29 is 23.8 Å². The van der Waals surface area contributed by atoms with Crippen molar-refractivity contribution >= 4 is 11.9 Å². The predicted octanol–water partition coefficient (Wildman–Crippen LogP) is 1.60. The maximum atomic E-state index is 12.5. The summed E-state index contributed by atoms with van der Waals surface area (Å²) in [5.41, 5.74) is 0. The number of esters is 1. The molecule has 1 aromatic rings. The molecule has 0 bridgehead atoms. The quantitative estimate of drug-likeness (QED) is 0.608. The van der Waals surface area contributed by atoms with Crippen LogP contribution in [-0.2, 0) is 9.59 Å². The maximum absolute atomic E-state index is 12.5.